The monoisotopic (exact) mass is 448 g/mol. The molecule has 2 aromatic carbocycles. The molecular formula is C22H17FN6O2S. The van der Waals surface area contributed by atoms with Crippen molar-refractivity contribution >= 4 is 23.6 Å². The van der Waals surface area contributed by atoms with Crippen LogP contribution in [0, 0.1) is 5.82 Å². The molecule has 0 atom stereocenters. The molecule has 2 amide bonds. The minimum atomic E-state index is -0.529. The van der Waals surface area contributed by atoms with E-state index >= 15 is 0 Å². The molecule has 2 N–H and O–H groups in total. The average molecular weight is 448 g/mol. The third kappa shape index (κ3) is 4.81. The lowest BCUT2D eigenvalue weighted by Gasteiger charge is -2.11. The van der Waals surface area contributed by atoms with Crippen molar-refractivity contribution in [1.29, 1.82) is 0 Å². The molecule has 0 aliphatic heterocycles. The molecule has 2 heterocycles. The number of nitrogens with one attached hydrogen (secondary N) is 2. The summed E-state index contributed by atoms with van der Waals surface area (Å²) in [6.45, 7) is 0. The Hall–Kier alpha value is -4.05. The molecule has 0 unspecified atom stereocenters. The highest BCUT2D eigenvalue weighted by atomic mass is 32.2. The van der Waals surface area contributed by atoms with E-state index in [-0.39, 0.29) is 11.4 Å². The van der Waals surface area contributed by atoms with Crippen LogP contribution in [-0.2, 0) is 4.79 Å². The quantitative estimate of drug-likeness (QED) is 0.347. The SMILES string of the molecule is O=C(CSc1nnc(-c2ccccc2F)n1-c1ccccc1)NNC(=O)c1ccccn1. The Morgan fingerprint density at radius 3 is 2.41 bits per heavy atom. The second-order valence-electron chi connectivity index (χ2n) is 6.46. The topological polar surface area (TPSA) is 102 Å². The summed E-state index contributed by atoms with van der Waals surface area (Å²) in [6.07, 6.45) is 1.48. The normalized spacial score (nSPS) is 10.5. The van der Waals surface area contributed by atoms with E-state index < -0.39 is 17.6 Å². The molecule has 160 valence electrons. The Balaban J connectivity index is 1.50. The third-order valence-electron chi connectivity index (χ3n) is 4.31. The zero-order chi connectivity index (χ0) is 22.3. The Bertz CT molecular complexity index is 1230. The van der Waals surface area contributed by atoms with Crippen LogP contribution in [0.15, 0.2) is 84.1 Å². The average Bonchev–Trinajstić information content (AvgIpc) is 3.26. The number of benzene rings is 2. The second kappa shape index (κ2) is 9.84. The fourth-order valence-corrected chi connectivity index (χ4v) is 3.60. The molecular weight excluding hydrogens is 431 g/mol. The number of para-hydroxylation sites is 1. The Morgan fingerprint density at radius 2 is 1.66 bits per heavy atom. The molecule has 32 heavy (non-hydrogen) atoms. The van der Waals surface area contributed by atoms with Gasteiger partial charge in [0.05, 0.1) is 11.3 Å². The van der Waals surface area contributed by atoms with E-state index in [0.717, 1.165) is 17.4 Å². The molecule has 4 aromatic rings. The summed E-state index contributed by atoms with van der Waals surface area (Å²) in [4.78, 5) is 28.2. The zero-order valence-corrected chi connectivity index (χ0v) is 17.4. The number of amides is 2. The van der Waals surface area contributed by atoms with Gasteiger partial charge in [-0.05, 0) is 36.4 Å². The lowest BCUT2D eigenvalue weighted by atomic mass is 10.2. The number of aromatic nitrogens is 4. The van der Waals surface area contributed by atoms with Gasteiger partial charge in [0.1, 0.15) is 11.5 Å². The molecule has 2 aromatic heterocycles. The first kappa shape index (κ1) is 21.2. The molecule has 0 aliphatic carbocycles. The summed E-state index contributed by atoms with van der Waals surface area (Å²) in [5.41, 5.74) is 5.85. The van der Waals surface area contributed by atoms with Crippen molar-refractivity contribution in [3.05, 3.63) is 90.5 Å². The van der Waals surface area contributed by atoms with Gasteiger partial charge >= 0.3 is 0 Å². The van der Waals surface area contributed by atoms with Crippen LogP contribution in [0.4, 0.5) is 4.39 Å². The molecule has 0 saturated heterocycles. The van der Waals surface area contributed by atoms with Gasteiger partial charge in [-0.15, -0.1) is 10.2 Å². The van der Waals surface area contributed by atoms with Crippen LogP contribution in [-0.4, -0.2) is 37.3 Å². The minimum absolute atomic E-state index is 0.0509. The van der Waals surface area contributed by atoms with Gasteiger partial charge in [0, 0.05) is 11.9 Å². The first-order valence-electron chi connectivity index (χ1n) is 9.52. The maximum Gasteiger partial charge on any atom is 0.288 e. The van der Waals surface area contributed by atoms with Crippen LogP contribution < -0.4 is 10.9 Å². The number of halogens is 1. The molecule has 8 nitrogen and oxygen atoms in total. The second-order valence-corrected chi connectivity index (χ2v) is 7.41. The van der Waals surface area contributed by atoms with Crippen LogP contribution in [0.5, 0.6) is 0 Å². The Morgan fingerprint density at radius 1 is 0.906 bits per heavy atom. The molecule has 4 rings (SSSR count). The van der Waals surface area contributed by atoms with E-state index in [1.165, 1.54) is 18.3 Å². The van der Waals surface area contributed by atoms with Gasteiger partial charge in [-0.25, -0.2) is 4.39 Å². The Labute approximate surface area is 186 Å². The van der Waals surface area contributed by atoms with E-state index in [2.05, 4.69) is 26.0 Å². The van der Waals surface area contributed by atoms with Crippen LogP contribution in [0.3, 0.4) is 0 Å². The lowest BCUT2D eigenvalue weighted by Crippen LogP contribution is -2.42. The predicted molar refractivity (Wildman–Crippen MR) is 117 cm³/mol. The van der Waals surface area contributed by atoms with E-state index in [0.29, 0.717) is 16.5 Å². The lowest BCUT2D eigenvalue weighted by molar-refractivity contribution is -0.119. The van der Waals surface area contributed by atoms with Crippen LogP contribution in [0.1, 0.15) is 10.5 Å². The van der Waals surface area contributed by atoms with Gasteiger partial charge in [-0.3, -0.25) is 30.0 Å². The highest BCUT2D eigenvalue weighted by molar-refractivity contribution is 7.99. The van der Waals surface area contributed by atoms with Gasteiger partial charge in [0.2, 0.25) is 5.91 Å². The number of carbonyl (C=O) groups is 2. The van der Waals surface area contributed by atoms with Gasteiger partial charge in [0.15, 0.2) is 11.0 Å². The maximum absolute atomic E-state index is 14.4. The number of hydrazine groups is 1. The maximum atomic E-state index is 14.4. The Kier molecular flexibility index (Phi) is 6.52. The van der Waals surface area contributed by atoms with Gasteiger partial charge in [0.25, 0.3) is 5.91 Å². The molecule has 0 aliphatic rings. The summed E-state index contributed by atoms with van der Waals surface area (Å²) in [6, 6.07) is 20.4. The van der Waals surface area contributed by atoms with Crippen LogP contribution >= 0.6 is 11.8 Å². The van der Waals surface area contributed by atoms with E-state index in [1.54, 1.807) is 34.9 Å². The standard InChI is InChI=1S/C22H17FN6O2S/c23-17-11-5-4-10-16(17)20-26-28-22(29(20)15-8-2-1-3-9-15)32-14-19(30)25-27-21(31)18-12-6-7-13-24-18/h1-13H,14H2,(H,25,30)(H,27,31). The largest absolute Gasteiger partial charge is 0.288 e. The zero-order valence-electron chi connectivity index (χ0n) is 16.6. The first-order chi connectivity index (χ1) is 15.6. The fraction of sp³-hybridized carbons (Fsp3) is 0.0455. The number of hydrogen-bond acceptors (Lipinski definition) is 6. The van der Waals surface area contributed by atoms with Crippen LogP contribution in [0.2, 0.25) is 0 Å². The highest BCUT2D eigenvalue weighted by Crippen LogP contribution is 2.29. The van der Waals surface area contributed by atoms with Gasteiger partial charge in [-0.1, -0.05) is 48.2 Å². The number of hydrogen-bond donors (Lipinski definition) is 2. The molecule has 0 fully saturated rings. The van der Waals surface area contributed by atoms with Crippen molar-refractivity contribution < 1.29 is 14.0 Å². The van der Waals surface area contributed by atoms with Gasteiger partial charge in [-0.2, -0.15) is 0 Å². The van der Waals surface area contributed by atoms with Crippen LogP contribution in [0.25, 0.3) is 17.1 Å². The predicted octanol–water partition coefficient (Wildman–Crippen LogP) is 3.02. The molecule has 0 spiro atoms. The van der Waals surface area contributed by atoms with Crippen molar-refractivity contribution in [2.75, 3.05) is 5.75 Å². The molecule has 0 bridgehead atoms. The number of thioether (sulfide) groups is 1. The van der Waals surface area contributed by atoms with E-state index in [4.69, 9.17) is 0 Å². The third-order valence-corrected chi connectivity index (χ3v) is 5.24. The van der Waals surface area contributed by atoms with Crippen molar-refractivity contribution in [2.24, 2.45) is 0 Å². The number of pyridine rings is 1. The van der Waals surface area contributed by atoms with E-state index in [9.17, 15) is 14.0 Å². The summed E-state index contributed by atoms with van der Waals surface area (Å²) >= 11 is 1.11. The smallest absolute Gasteiger partial charge is 0.272 e. The van der Waals surface area contributed by atoms with Gasteiger partial charge < -0.3 is 0 Å². The molecule has 10 heteroatoms. The van der Waals surface area contributed by atoms with Crippen molar-refractivity contribution in [3.63, 3.8) is 0 Å². The highest BCUT2D eigenvalue weighted by Gasteiger charge is 2.19. The van der Waals surface area contributed by atoms with Crippen molar-refractivity contribution in [1.82, 2.24) is 30.6 Å². The summed E-state index contributed by atoms with van der Waals surface area (Å²) in [7, 11) is 0. The summed E-state index contributed by atoms with van der Waals surface area (Å²) < 4.78 is 16.1. The summed E-state index contributed by atoms with van der Waals surface area (Å²) in [5.74, 6) is -1.14. The number of carbonyl (C=O) groups excluding carboxylic acids is 2. The summed E-state index contributed by atoms with van der Waals surface area (Å²) in [5, 5.41) is 8.72. The first-order valence-corrected chi connectivity index (χ1v) is 10.5. The number of nitrogens with zero attached hydrogens (tertiary/aromatic N) is 4. The van der Waals surface area contributed by atoms with E-state index in [1.807, 2.05) is 30.3 Å². The van der Waals surface area contributed by atoms with Crippen molar-refractivity contribution in [2.45, 2.75) is 5.16 Å². The molecule has 0 saturated carbocycles. The molecule has 0 radical (unpaired) electrons. The fourth-order valence-electron chi connectivity index (χ4n) is 2.84. The van der Waals surface area contributed by atoms with Crippen molar-refractivity contribution in [3.8, 4) is 17.1 Å². The minimum Gasteiger partial charge on any atom is -0.272 e. The number of rotatable bonds is 6.